The number of allylic oxidation sites excluding steroid dienone is 2. The minimum absolute atomic E-state index is 0.0556. The Morgan fingerprint density at radius 1 is 1.17 bits per heavy atom. The van der Waals surface area contributed by atoms with Gasteiger partial charge in [-0.15, -0.1) is 0 Å². The first-order chi connectivity index (χ1) is 5.77. The minimum Gasteiger partial charge on any atom is -0.481 e. The summed E-state index contributed by atoms with van der Waals surface area (Å²) in [6.07, 6.45) is 8.42. The molecule has 0 spiro atoms. The summed E-state index contributed by atoms with van der Waals surface area (Å²) < 4.78 is 0. The summed E-state index contributed by atoms with van der Waals surface area (Å²) in [5, 5.41) is 8.84. The van der Waals surface area contributed by atoms with Crippen molar-refractivity contribution < 1.29 is 9.90 Å². The largest absolute Gasteiger partial charge is 0.481 e. The topological polar surface area (TPSA) is 37.3 Å². The summed E-state index contributed by atoms with van der Waals surface area (Å²) in [4.78, 5) is 10.7. The van der Waals surface area contributed by atoms with Crippen molar-refractivity contribution in [2.75, 3.05) is 0 Å². The van der Waals surface area contributed by atoms with E-state index in [1.807, 2.05) is 0 Å². The van der Waals surface area contributed by atoms with Crippen LogP contribution in [0.1, 0.15) is 25.7 Å². The number of carboxylic acid groups (broad SMARTS) is 1. The van der Waals surface area contributed by atoms with Gasteiger partial charge in [0.05, 0.1) is 5.92 Å². The zero-order chi connectivity index (χ0) is 8.55. The van der Waals surface area contributed by atoms with Crippen LogP contribution in [-0.4, -0.2) is 11.1 Å². The lowest BCUT2D eigenvalue weighted by Crippen LogP contribution is -2.09. The van der Waals surface area contributed by atoms with Crippen molar-refractivity contribution in [3.63, 3.8) is 0 Å². The lowest BCUT2D eigenvalue weighted by Gasteiger charge is -2.19. The van der Waals surface area contributed by atoms with E-state index in [9.17, 15) is 4.79 Å². The lowest BCUT2D eigenvalue weighted by molar-refractivity contribution is -0.141. The molecule has 2 aliphatic carbocycles. The van der Waals surface area contributed by atoms with E-state index in [2.05, 4.69) is 12.2 Å². The monoisotopic (exact) mass is 166 g/mol. The Hall–Kier alpha value is -0.790. The van der Waals surface area contributed by atoms with Crippen LogP contribution in [0.3, 0.4) is 0 Å². The lowest BCUT2D eigenvalue weighted by atomic mass is 9.86. The number of hydrogen-bond acceptors (Lipinski definition) is 1. The summed E-state index contributed by atoms with van der Waals surface area (Å²) in [7, 11) is 0. The molecule has 0 aromatic rings. The molecule has 12 heavy (non-hydrogen) atoms. The van der Waals surface area contributed by atoms with E-state index in [1.165, 1.54) is 0 Å². The van der Waals surface area contributed by atoms with E-state index in [1.54, 1.807) is 0 Å². The Kier molecular flexibility index (Phi) is 1.91. The average Bonchev–Trinajstić information content (AvgIpc) is 2.46. The molecule has 2 aliphatic rings. The van der Waals surface area contributed by atoms with Crippen LogP contribution < -0.4 is 0 Å². The number of rotatable bonds is 1. The first-order valence-electron chi connectivity index (χ1n) is 4.65. The summed E-state index contributed by atoms with van der Waals surface area (Å²) in [6, 6.07) is 0. The highest BCUT2D eigenvalue weighted by Crippen LogP contribution is 2.42. The van der Waals surface area contributed by atoms with Gasteiger partial charge in [0.2, 0.25) is 0 Å². The fraction of sp³-hybridized carbons (Fsp3) is 0.700. The van der Waals surface area contributed by atoms with Gasteiger partial charge in [0.15, 0.2) is 0 Å². The third-order valence-corrected chi connectivity index (χ3v) is 3.23. The Balaban J connectivity index is 2.02. The predicted octanol–water partition coefficient (Wildman–Crippen LogP) is 2.06. The Bertz CT molecular complexity index is 204. The summed E-state index contributed by atoms with van der Waals surface area (Å²) >= 11 is 0. The highest BCUT2D eigenvalue weighted by atomic mass is 16.4. The van der Waals surface area contributed by atoms with Gasteiger partial charge >= 0.3 is 5.97 Å². The highest BCUT2D eigenvalue weighted by Gasteiger charge is 2.37. The molecule has 0 heterocycles. The van der Waals surface area contributed by atoms with Crippen LogP contribution >= 0.6 is 0 Å². The van der Waals surface area contributed by atoms with Crippen molar-refractivity contribution in [1.29, 1.82) is 0 Å². The van der Waals surface area contributed by atoms with Crippen LogP contribution in [0, 0.1) is 17.8 Å². The van der Waals surface area contributed by atoms with Gasteiger partial charge < -0.3 is 5.11 Å². The van der Waals surface area contributed by atoms with Crippen LogP contribution in [0.2, 0.25) is 0 Å². The van der Waals surface area contributed by atoms with Gasteiger partial charge in [-0.25, -0.2) is 0 Å². The van der Waals surface area contributed by atoms with Gasteiger partial charge in [0, 0.05) is 0 Å². The normalized spacial score (nSPS) is 39.5. The highest BCUT2D eigenvalue weighted by molar-refractivity contribution is 5.70. The van der Waals surface area contributed by atoms with Crippen LogP contribution in [0.4, 0.5) is 0 Å². The molecule has 1 saturated carbocycles. The van der Waals surface area contributed by atoms with Crippen LogP contribution in [0.5, 0.6) is 0 Å². The van der Waals surface area contributed by atoms with E-state index in [0.717, 1.165) is 25.7 Å². The molecule has 1 N–H and O–H groups in total. The van der Waals surface area contributed by atoms with Crippen molar-refractivity contribution in [2.45, 2.75) is 25.7 Å². The second kappa shape index (κ2) is 2.92. The standard InChI is InChI=1S/C10H14O2/c11-10(12)9-5-7-3-1-2-4-8(7)6-9/h1-2,7-9H,3-6H2,(H,11,12)/t7-,8+,9?. The number of hydrogen-bond donors (Lipinski definition) is 1. The van der Waals surface area contributed by atoms with E-state index >= 15 is 0 Å². The molecule has 0 aromatic heterocycles. The quantitative estimate of drug-likeness (QED) is 0.605. The maximum absolute atomic E-state index is 10.7. The predicted molar refractivity (Wildman–Crippen MR) is 45.7 cm³/mol. The molecule has 1 fully saturated rings. The molecular formula is C10H14O2. The van der Waals surface area contributed by atoms with Crippen molar-refractivity contribution in [3.05, 3.63) is 12.2 Å². The molecule has 0 amide bonds. The van der Waals surface area contributed by atoms with E-state index in [-0.39, 0.29) is 5.92 Å². The smallest absolute Gasteiger partial charge is 0.306 e. The molecule has 0 radical (unpaired) electrons. The average molecular weight is 166 g/mol. The van der Waals surface area contributed by atoms with E-state index in [4.69, 9.17) is 5.11 Å². The van der Waals surface area contributed by atoms with Gasteiger partial charge in [0.25, 0.3) is 0 Å². The van der Waals surface area contributed by atoms with Gasteiger partial charge in [-0.1, -0.05) is 12.2 Å². The summed E-state index contributed by atoms with van der Waals surface area (Å²) in [5.41, 5.74) is 0. The molecule has 0 aliphatic heterocycles. The maximum Gasteiger partial charge on any atom is 0.306 e. The van der Waals surface area contributed by atoms with Gasteiger partial charge in [-0.3, -0.25) is 4.79 Å². The van der Waals surface area contributed by atoms with E-state index in [0.29, 0.717) is 11.8 Å². The Morgan fingerprint density at radius 2 is 1.67 bits per heavy atom. The molecule has 2 nitrogen and oxygen atoms in total. The van der Waals surface area contributed by atoms with Crippen LogP contribution in [0.25, 0.3) is 0 Å². The Morgan fingerprint density at radius 3 is 2.08 bits per heavy atom. The molecule has 1 unspecified atom stereocenters. The summed E-state index contributed by atoms with van der Waals surface area (Å²) in [5.74, 6) is 0.677. The number of carboxylic acids is 1. The van der Waals surface area contributed by atoms with Crippen molar-refractivity contribution in [3.8, 4) is 0 Å². The molecule has 2 heteroatoms. The van der Waals surface area contributed by atoms with Crippen LogP contribution in [0.15, 0.2) is 12.2 Å². The number of aliphatic carboxylic acids is 1. The molecule has 2 rings (SSSR count). The summed E-state index contributed by atoms with van der Waals surface area (Å²) in [6.45, 7) is 0. The third kappa shape index (κ3) is 1.26. The zero-order valence-corrected chi connectivity index (χ0v) is 7.07. The molecule has 3 atom stereocenters. The molecule has 0 bridgehead atoms. The molecule has 66 valence electrons. The first kappa shape index (κ1) is 7.84. The molecule has 0 saturated heterocycles. The van der Waals surface area contributed by atoms with E-state index < -0.39 is 5.97 Å². The van der Waals surface area contributed by atoms with Crippen molar-refractivity contribution in [2.24, 2.45) is 17.8 Å². The maximum atomic E-state index is 10.7. The third-order valence-electron chi connectivity index (χ3n) is 3.23. The second-order valence-electron chi connectivity index (χ2n) is 3.97. The molecular weight excluding hydrogens is 152 g/mol. The fourth-order valence-electron chi connectivity index (χ4n) is 2.53. The van der Waals surface area contributed by atoms with Crippen LogP contribution in [-0.2, 0) is 4.79 Å². The SMILES string of the molecule is O=C(O)C1C[C@H]2CC=CC[C@H]2C1. The van der Waals surface area contributed by atoms with Crippen molar-refractivity contribution >= 4 is 5.97 Å². The zero-order valence-electron chi connectivity index (χ0n) is 7.07. The van der Waals surface area contributed by atoms with Gasteiger partial charge in [-0.05, 0) is 37.5 Å². The number of fused-ring (bicyclic) bond motifs is 1. The minimum atomic E-state index is -0.593. The van der Waals surface area contributed by atoms with Crippen molar-refractivity contribution in [1.82, 2.24) is 0 Å². The fourth-order valence-corrected chi connectivity index (χ4v) is 2.53. The molecule has 0 aromatic carbocycles. The van der Waals surface area contributed by atoms with Gasteiger partial charge in [0.1, 0.15) is 0 Å². The Labute approximate surface area is 72.3 Å². The second-order valence-corrected chi connectivity index (χ2v) is 3.97. The first-order valence-corrected chi connectivity index (χ1v) is 4.65. The van der Waals surface area contributed by atoms with Gasteiger partial charge in [-0.2, -0.15) is 0 Å². The number of carbonyl (C=O) groups is 1.